The summed E-state index contributed by atoms with van der Waals surface area (Å²) in [6.45, 7) is 2.33. The van der Waals surface area contributed by atoms with Crippen LogP contribution in [0.3, 0.4) is 0 Å². The summed E-state index contributed by atoms with van der Waals surface area (Å²) < 4.78 is 1.92. The van der Waals surface area contributed by atoms with Crippen molar-refractivity contribution in [2.24, 2.45) is 5.73 Å². The number of benzene rings is 2. The first-order valence-electron chi connectivity index (χ1n) is 8.71. The Morgan fingerprint density at radius 3 is 2.81 bits per heavy atom. The van der Waals surface area contributed by atoms with Gasteiger partial charge in [-0.2, -0.15) is 0 Å². The van der Waals surface area contributed by atoms with Gasteiger partial charge in [0.1, 0.15) is 0 Å². The van der Waals surface area contributed by atoms with E-state index in [0.717, 1.165) is 39.5 Å². The van der Waals surface area contributed by atoms with Gasteiger partial charge in [0, 0.05) is 40.6 Å². The highest BCUT2D eigenvalue weighted by atomic mass is 16.4. The van der Waals surface area contributed by atoms with Gasteiger partial charge in [0.05, 0.1) is 17.6 Å². The van der Waals surface area contributed by atoms with Crippen molar-refractivity contribution in [1.29, 1.82) is 0 Å². The number of nitrogens with zero attached hydrogens (tertiary/aromatic N) is 1. The maximum Gasteiger partial charge on any atom is 0.335 e. The zero-order valence-corrected chi connectivity index (χ0v) is 14.9. The van der Waals surface area contributed by atoms with Crippen molar-refractivity contribution < 1.29 is 9.90 Å². The van der Waals surface area contributed by atoms with Crippen molar-refractivity contribution in [2.75, 3.05) is 6.54 Å². The van der Waals surface area contributed by atoms with Gasteiger partial charge in [0.25, 0.3) is 0 Å². The first-order chi connectivity index (χ1) is 13.1. The van der Waals surface area contributed by atoms with Gasteiger partial charge in [0.15, 0.2) is 0 Å². The molecule has 5 heteroatoms. The average molecular weight is 357 g/mol. The van der Waals surface area contributed by atoms with E-state index in [2.05, 4.69) is 29.2 Å². The van der Waals surface area contributed by atoms with Gasteiger partial charge in [-0.1, -0.05) is 30.2 Å². The molecule has 0 radical (unpaired) electrons. The van der Waals surface area contributed by atoms with Gasteiger partial charge in [-0.3, -0.25) is 4.57 Å². The second kappa shape index (κ2) is 6.67. The number of aromatic carboxylic acids is 1. The highest BCUT2D eigenvalue weighted by Gasteiger charge is 2.14. The van der Waals surface area contributed by atoms with Gasteiger partial charge < -0.3 is 15.8 Å². The number of hydrogen-bond acceptors (Lipinski definition) is 2. The molecule has 0 spiro atoms. The molecule has 0 unspecified atom stereocenters. The van der Waals surface area contributed by atoms with Crippen LogP contribution in [0.15, 0.2) is 48.7 Å². The molecule has 27 heavy (non-hydrogen) atoms. The molecule has 2 aromatic heterocycles. The van der Waals surface area contributed by atoms with Crippen molar-refractivity contribution in [3.63, 3.8) is 0 Å². The number of nitrogens with one attached hydrogen (secondary N) is 1. The van der Waals surface area contributed by atoms with E-state index in [1.165, 1.54) is 5.56 Å². The minimum Gasteiger partial charge on any atom is -0.478 e. The largest absolute Gasteiger partial charge is 0.478 e. The molecule has 2 aromatic carbocycles. The van der Waals surface area contributed by atoms with Gasteiger partial charge >= 0.3 is 5.97 Å². The van der Waals surface area contributed by atoms with Crippen molar-refractivity contribution in [2.45, 2.75) is 13.3 Å². The van der Waals surface area contributed by atoms with Crippen LogP contribution in [-0.2, 0) is 6.42 Å². The Hall–Kier alpha value is -3.49. The number of aryl methyl sites for hydroxylation is 1. The van der Waals surface area contributed by atoms with Gasteiger partial charge in [0.2, 0.25) is 0 Å². The number of rotatable bonds is 3. The second-order valence-corrected chi connectivity index (χ2v) is 6.51. The summed E-state index contributed by atoms with van der Waals surface area (Å²) in [5, 5.41) is 11.4. The molecule has 4 rings (SSSR count). The van der Waals surface area contributed by atoms with Crippen molar-refractivity contribution in [1.82, 2.24) is 9.55 Å². The maximum atomic E-state index is 11.2. The normalized spacial score (nSPS) is 10.9. The zero-order valence-electron chi connectivity index (χ0n) is 14.9. The first kappa shape index (κ1) is 17.0. The number of H-pyrrole nitrogens is 1. The number of aromatic nitrogens is 2. The van der Waals surface area contributed by atoms with Crippen molar-refractivity contribution >= 4 is 27.8 Å². The summed E-state index contributed by atoms with van der Waals surface area (Å²) >= 11 is 0. The van der Waals surface area contributed by atoms with Crippen molar-refractivity contribution in [3.05, 3.63) is 71.0 Å². The molecule has 0 saturated carbocycles. The number of aromatic amines is 1. The molecular formula is C22H19N3O2. The number of hydrogen-bond donors (Lipinski definition) is 3. The van der Waals surface area contributed by atoms with Crippen LogP contribution in [0.1, 0.15) is 27.2 Å². The Bertz CT molecular complexity index is 1240. The monoisotopic (exact) mass is 357 g/mol. The lowest BCUT2D eigenvalue weighted by Crippen LogP contribution is -1.95. The number of carbonyl (C=O) groups is 1. The minimum atomic E-state index is -0.924. The Morgan fingerprint density at radius 2 is 2.04 bits per heavy atom. The van der Waals surface area contributed by atoms with E-state index in [1.54, 1.807) is 12.1 Å². The quantitative estimate of drug-likeness (QED) is 0.491. The number of fused-ring (bicyclic) bond motifs is 2. The summed E-state index contributed by atoms with van der Waals surface area (Å²) in [5.41, 5.74) is 11.1. The molecule has 0 bridgehead atoms. The van der Waals surface area contributed by atoms with Gasteiger partial charge in [-0.25, -0.2) is 4.79 Å². The van der Waals surface area contributed by atoms with Crippen LogP contribution in [0, 0.1) is 18.9 Å². The van der Waals surface area contributed by atoms with Crippen LogP contribution in [0.5, 0.6) is 0 Å². The molecule has 134 valence electrons. The van der Waals surface area contributed by atoms with E-state index in [0.29, 0.717) is 6.54 Å². The number of carboxylic acid groups (broad SMARTS) is 1. The summed E-state index contributed by atoms with van der Waals surface area (Å²) in [6.07, 6.45) is 2.79. The first-order valence-corrected chi connectivity index (χ1v) is 8.71. The van der Waals surface area contributed by atoms with Crippen LogP contribution in [-0.4, -0.2) is 27.2 Å². The van der Waals surface area contributed by atoms with Crippen molar-refractivity contribution in [3.8, 4) is 12.0 Å². The van der Waals surface area contributed by atoms with Crippen LogP contribution < -0.4 is 5.73 Å². The van der Waals surface area contributed by atoms with E-state index in [4.69, 9.17) is 5.73 Å². The number of para-hydroxylation sites is 1. The van der Waals surface area contributed by atoms with Gasteiger partial charge in [-0.05, 0) is 36.2 Å². The summed E-state index contributed by atoms with van der Waals surface area (Å²) in [5.74, 6) is 1.99. The molecule has 0 atom stereocenters. The van der Waals surface area contributed by atoms with Crippen LogP contribution in [0.2, 0.25) is 0 Å². The average Bonchev–Trinajstić information content (AvgIpc) is 3.17. The third-order valence-electron chi connectivity index (χ3n) is 4.83. The Morgan fingerprint density at radius 1 is 1.22 bits per heavy atom. The minimum absolute atomic E-state index is 0.281. The fourth-order valence-electron chi connectivity index (χ4n) is 3.56. The predicted molar refractivity (Wildman–Crippen MR) is 107 cm³/mol. The van der Waals surface area contributed by atoms with E-state index >= 15 is 0 Å². The Labute approximate surface area is 156 Å². The summed E-state index contributed by atoms with van der Waals surface area (Å²) in [7, 11) is 0. The maximum absolute atomic E-state index is 11.2. The van der Waals surface area contributed by atoms with Crippen LogP contribution in [0.4, 0.5) is 0 Å². The zero-order chi connectivity index (χ0) is 19.0. The lowest BCUT2D eigenvalue weighted by atomic mass is 10.0. The number of nitrogens with two attached hydrogens (primary N) is 1. The molecule has 0 aliphatic carbocycles. The van der Waals surface area contributed by atoms with Crippen LogP contribution >= 0.6 is 0 Å². The molecule has 0 aliphatic rings. The van der Waals surface area contributed by atoms with Crippen LogP contribution in [0.25, 0.3) is 21.8 Å². The molecule has 0 saturated heterocycles. The SMILES string of the molecule is Cc1[nH]c2cc(C(=O)O)ccc2c1Cc1cn(C#CCN)c2ccccc12. The molecule has 4 aromatic rings. The molecule has 4 N–H and O–H groups in total. The van der Waals surface area contributed by atoms with Gasteiger partial charge in [-0.15, -0.1) is 0 Å². The van der Waals surface area contributed by atoms with E-state index in [1.807, 2.05) is 35.8 Å². The third kappa shape index (κ3) is 2.97. The Kier molecular flexibility index (Phi) is 4.19. The topological polar surface area (TPSA) is 84.0 Å². The number of carboxylic acids is 1. The lowest BCUT2D eigenvalue weighted by Gasteiger charge is -2.01. The molecule has 0 aliphatic heterocycles. The second-order valence-electron chi connectivity index (χ2n) is 6.51. The molecule has 0 fully saturated rings. The molecule has 0 amide bonds. The van der Waals surface area contributed by atoms with E-state index < -0.39 is 5.97 Å². The molecular weight excluding hydrogens is 338 g/mol. The molecule has 5 nitrogen and oxygen atoms in total. The smallest absolute Gasteiger partial charge is 0.335 e. The summed E-state index contributed by atoms with van der Waals surface area (Å²) in [4.78, 5) is 14.5. The summed E-state index contributed by atoms with van der Waals surface area (Å²) in [6, 6.07) is 16.5. The fraction of sp³-hybridized carbons (Fsp3) is 0.136. The highest BCUT2D eigenvalue weighted by molar-refractivity contribution is 5.95. The lowest BCUT2D eigenvalue weighted by molar-refractivity contribution is 0.0697. The highest BCUT2D eigenvalue weighted by Crippen LogP contribution is 2.29. The predicted octanol–water partition coefficient (Wildman–Crippen LogP) is 3.49. The Balaban J connectivity index is 1.83. The third-order valence-corrected chi connectivity index (χ3v) is 4.83. The van der Waals surface area contributed by atoms with E-state index in [9.17, 15) is 9.90 Å². The standard InChI is InChI=1S/C22H19N3O2/c1-14-19(18-8-7-15(22(26)27)12-20(18)24-14)11-16-13-25(10-4-9-23)21-6-3-2-5-17(16)21/h2-3,5-8,12-13,24H,9,11,23H2,1H3,(H,26,27). The molecule has 2 heterocycles. The fourth-order valence-corrected chi connectivity index (χ4v) is 3.56. The van der Waals surface area contributed by atoms with E-state index in [-0.39, 0.29) is 5.56 Å².